The van der Waals surface area contributed by atoms with Gasteiger partial charge in [0.1, 0.15) is 7.05 Å². The van der Waals surface area contributed by atoms with Crippen LogP contribution in [0.1, 0.15) is 13.3 Å². The monoisotopic (exact) mass is 219 g/mol. The number of nitrogens with one attached hydrogen (secondary N) is 1. The second kappa shape index (κ2) is 4.74. The third-order valence-corrected chi connectivity index (χ3v) is 2.18. The van der Waals surface area contributed by atoms with Gasteiger partial charge in [-0.15, -0.1) is 5.10 Å². The summed E-state index contributed by atoms with van der Waals surface area (Å²) in [6.07, 6.45) is 4.91. The number of aromatic nitrogens is 3. The van der Waals surface area contributed by atoms with Gasteiger partial charge in [-0.3, -0.25) is 0 Å². The van der Waals surface area contributed by atoms with Gasteiger partial charge in [0, 0.05) is 18.7 Å². The van der Waals surface area contributed by atoms with E-state index < -0.39 is 0 Å². The standard InChI is InChI=1S/C11H14N4O/c1-3-6-12-11-14-13-10(16-11)9-4-7-15(2)8-5-9/h4-5,7-8H,3,6H2,1-2H3/p+1. The van der Waals surface area contributed by atoms with Crippen molar-refractivity contribution in [2.24, 2.45) is 7.05 Å². The molecular weight excluding hydrogens is 204 g/mol. The topological polar surface area (TPSA) is 54.8 Å². The first-order valence-electron chi connectivity index (χ1n) is 5.32. The van der Waals surface area contributed by atoms with Crippen molar-refractivity contribution in [2.45, 2.75) is 13.3 Å². The molecule has 0 atom stereocenters. The van der Waals surface area contributed by atoms with E-state index in [1.165, 1.54) is 0 Å². The molecule has 0 saturated carbocycles. The van der Waals surface area contributed by atoms with E-state index in [1.807, 2.05) is 36.1 Å². The van der Waals surface area contributed by atoms with Crippen LogP contribution < -0.4 is 9.88 Å². The van der Waals surface area contributed by atoms with Crippen molar-refractivity contribution in [1.82, 2.24) is 10.2 Å². The molecule has 0 aliphatic rings. The van der Waals surface area contributed by atoms with Crippen LogP contribution in [-0.4, -0.2) is 16.7 Å². The lowest BCUT2D eigenvalue weighted by atomic mass is 10.3. The van der Waals surface area contributed by atoms with Gasteiger partial charge in [-0.25, -0.2) is 4.57 Å². The Morgan fingerprint density at radius 2 is 2.06 bits per heavy atom. The predicted molar refractivity (Wildman–Crippen MR) is 59.7 cm³/mol. The van der Waals surface area contributed by atoms with Crippen molar-refractivity contribution < 1.29 is 8.98 Å². The first kappa shape index (κ1) is 10.6. The van der Waals surface area contributed by atoms with E-state index in [9.17, 15) is 0 Å². The zero-order chi connectivity index (χ0) is 11.4. The first-order chi connectivity index (χ1) is 7.79. The van der Waals surface area contributed by atoms with E-state index >= 15 is 0 Å². The maximum absolute atomic E-state index is 5.47. The average Bonchev–Trinajstić information content (AvgIpc) is 2.76. The van der Waals surface area contributed by atoms with Gasteiger partial charge < -0.3 is 9.73 Å². The van der Waals surface area contributed by atoms with Gasteiger partial charge in [-0.2, -0.15) is 0 Å². The molecule has 84 valence electrons. The fraction of sp³-hybridized carbons (Fsp3) is 0.364. The minimum absolute atomic E-state index is 0.477. The quantitative estimate of drug-likeness (QED) is 0.789. The SMILES string of the molecule is CCCNc1nnc(-c2cc[n+](C)cc2)o1. The Hall–Kier alpha value is -1.91. The zero-order valence-electron chi connectivity index (χ0n) is 9.47. The van der Waals surface area contributed by atoms with Crippen LogP contribution in [-0.2, 0) is 7.05 Å². The molecule has 16 heavy (non-hydrogen) atoms. The van der Waals surface area contributed by atoms with Crippen molar-refractivity contribution in [2.75, 3.05) is 11.9 Å². The van der Waals surface area contributed by atoms with Crippen LogP contribution in [0, 0.1) is 0 Å². The van der Waals surface area contributed by atoms with E-state index in [-0.39, 0.29) is 0 Å². The average molecular weight is 219 g/mol. The summed E-state index contributed by atoms with van der Waals surface area (Å²) < 4.78 is 7.42. The van der Waals surface area contributed by atoms with Crippen molar-refractivity contribution >= 4 is 6.01 Å². The first-order valence-corrected chi connectivity index (χ1v) is 5.32. The highest BCUT2D eigenvalue weighted by molar-refractivity contribution is 5.51. The molecule has 0 aliphatic carbocycles. The van der Waals surface area contributed by atoms with Gasteiger partial charge in [-0.05, 0) is 6.42 Å². The van der Waals surface area contributed by atoms with Crippen LogP contribution in [0.5, 0.6) is 0 Å². The van der Waals surface area contributed by atoms with Gasteiger partial charge in [0.25, 0.3) is 0 Å². The minimum Gasteiger partial charge on any atom is -0.403 e. The van der Waals surface area contributed by atoms with E-state index in [0.717, 1.165) is 18.5 Å². The summed E-state index contributed by atoms with van der Waals surface area (Å²) >= 11 is 0. The molecule has 2 heterocycles. The Kier molecular flexibility index (Phi) is 3.14. The fourth-order valence-corrected chi connectivity index (χ4v) is 1.29. The third-order valence-electron chi connectivity index (χ3n) is 2.18. The lowest BCUT2D eigenvalue weighted by Crippen LogP contribution is -2.25. The van der Waals surface area contributed by atoms with Crippen LogP contribution >= 0.6 is 0 Å². The molecule has 1 N–H and O–H groups in total. The fourth-order valence-electron chi connectivity index (χ4n) is 1.29. The number of hydrogen-bond donors (Lipinski definition) is 1. The van der Waals surface area contributed by atoms with Crippen molar-refractivity contribution in [3.63, 3.8) is 0 Å². The molecule has 0 unspecified atom stereocenters. The number of aryl methyl sites for hydroxylation is 1. The van der Waals surface area contributed by atoms with Crippen molar-refractivity contribution in [3.05, 3.63) is 24.5 Å². The van der Waals surface area contributed by atoms with Crippen LogP contribution in [0.2, 0.25) is 0 Å². The molecular formula is C11H15N4O+. The van der Waals surface area contributed by atoms with E-state index in [0.29, 0.717) is 11.9 Å². The van der Waals surface area contributed by atoms with E-state index in [1.54, 1.807) is 0 Å². The largest absolute Gasteiger partial charge is 0.403 e. The molecule has 0 radical (unpaired) electrons. The van der Waals surface area contributed by atoms with Gasteiger partial charge in [0.2, 0.25) is 5.89 Å². The van der Waals surface area contributed by atoms with E-state index in [4.69, 9.17) is 4.42 Å². The molecule has 0 bridgehead atoms. The zero-order valence-corrected chi connectivity index (χ0v) is 9.47. The Morgan fingerprint density at radius 3 is 2.75 bits per heavy atom. The molecule has 0 aliphatic heterocycles. The number of rotatable bonds is 4. The number of hydrogen-bond acceptors (Lipinski definition) is 4. The molecule has 0 fully saturated rings. The summed E-state index contributed by atoms with van der Waals surface area (Å²) in [6, 6.07) is 4.36. The smallest absolute Gasteiger partial charge is 0.315 e. The lowest BCUT2D eigenvalue weighted by molar-refractivity contribution is -0.671. The van der Waals surface area contributed by atoms with Crippen molar-refractivity contribution in [3.8, 4) is 11.5 Å². The maximum Gasteiger partial charge on any atom is 0.315 e. The van der Waals surface area contributed by atoms with Crippen LogP contribution in [0.25, 0.3) is 11.5 Å². The second-order valence-corrected chi connectivity index (χ2v) is 3.59. The molecule has 2 aromatic heterocycles. The number of nitrogens with zero attached hydrogens (tertiary/aromatic N) is 3. The molecule has 0 spiro atoms. The number of anilines is 1. The molecule has 5 heteroatoms. The van der Waals surface area contributed by atoms with Gasteiger partial charge in [0.05, 0.1) is 5.56 Å². The Bertz CT molecular complexity index is 449. The predicted octanol–water partition coefficient (Wildman–Crippen LogP) is 1.38. The van der Waals surface area contributed by atoms with Crippen molar-refractivity contribution in [1.29, 1.82) is 0 Å². The van der Waals surface area contributed by atoms with Gasteiger partial charge in [0.15, 0.2) is 12.4 Å². The highest BCUT2D eigenvalue weighted by Crippen LogP contribution is 2.17. The normalized spacial score (nSPS) is 10.4. The molecule has 2 aromatic rings. The molecule has 5 nitrogen and oxygen atoms in total. The second-order valence-electron chi connectivity index (χ2n) is 3.59. The summed E-state index contributed by atoms with van der Waals surface area (Å²) in [4.78, 5) is 0. The third kappa shape index (κ3) is 2.36. The highest BCUT2D eigenvalue weighted by Gasteiger charge is 2.08. The van der Waals surface area contributed by atoms with Gasteiger partial charge in [-0.1, -0.05) is 12.0 Å². The van der Waals surface area contributed by atoms with Crippen LogP contribution in [0.3, 0.4) is 0 Å². The number of pyridine rings is 1. The molecule has 2 rings (SSSR count). The Labute approximate surface area is 94.1 Å². The highest BCUT2D eigenvalue weighted by atomic mass is 16.4. The summed E-state index contributed by atoms with van der Waals surface area (Å²) in [5.74, 6) is 0.541. The summed E-state index contributed by atoms with van der Waals surface area (Å²) in [5.41, 5.74) is 0.926. The maximum atomic E-state index is 5.47. The lowest BCUT2D eigenvalue weighted by Gasteiger charge is -1.95. The van der Waals surface area contributed by atoms with E-state index in [2.05, 4.69) is 22.4 Å². The molecule has 0 amide bonds. The summed E-state index contributed by atoms with van der Waals surface area (Å²) in [7, 11) is 1.96. The van der Waals surface area contributed by atoms with Crippen LogP contribution in [0.4, 0.5) is 6.01 Å². The summed E-state index contributed by atoms with van der Waals surface area (Å²) in [6.45, 7) is 2.92. The molecule has 0 aromatic carbocycles. The molecule has 0 saturated heterocycles. The Morgan fingerprint density at radius 1 is 1.31 bits per heavy atom. The van der Waals surface area contributed by atoms with Gasteiger partial charge >= 0.3 is 6.01 Å². The summed E-state index contributed by atoms with van der Waals surface area (Å²) in [5, 5.41) is 10.9. The Balaban J connectivity index is 2.15. The van der Waals surface area contributed by atoms with Crippen LogP contribution in [0.15, 0.2) is 28.9 Å². The minimum atomic E-state index is 0.477.